The molecule has 0 radical (unpaired) electrons. The van der Waals surface area contributed by atoms with E-state index in [4.69, 9.17) is 14.2 Å². The predicted molar refractivity (Wildman–Crippen MR) is 362 cm³/mol. The molecule has 0 saturated carbocycles. The smallest absolute Gasteiger partial charge is 0.306 e. The van der Waals surface area contributed by atoms with Crippen molar-refractivity contribution in [1.29, 1.82) is 0 Å². The zero-order valence-corrected chi connectivity index (χ0v) is 53.9. The molecule has 0 aromatic carbocycles. The van der Waals surface area contributed by atoms with Crippen LogP contribution in [-0.4, -0.2) is 37.2 Å². The molecule has 0 N–H and O–H groups in total. The lowest BCUT2D eigenvalue weighted by Crippen LogP contribution is -2.30. The van der Waals surface area contributed by atoms with Crippen LogP contribution in [0.25, 0.3) is 0 Å². The van der Waals surface area contributed by atoms with Crippen molar-refractivity contribution < 1.29 is 28.6 Å². The summed E-state index contributed by atoms with van der Waals surface area (Å²) in [4.78, 5) is 38.4. The minimum absolute atomic E-state index is 0.0908. The molecule has 1 unspecified atom stereocenters. The summed E-state index contributed by atoms with van der Waals surface area (Å²) in [6.07, 6.45) is 100. The van der Waals surface area contributed by atoms with E-state index >= 15 is 0 Å². The van der Waals surface area contributed by atoms with Crippen LogP contribution in [0.2, 0.25) is 0 Å². The van der Waals surface area contributed by atoms with E-state index in [1.54, 1.807) is 0 Å². The number of rotatable bonds is 61. The SMILES string of the molecule is CC/C=C\C/C=C\C/C=C\C/C=C\C/C=C\C/C=C\CCCCCCCCCCCCCCCCC(=O)OCC(COC(=O)CCCCCCC/C=C\C/C=C\C/C=C\CC)OC(=O)CCCCCCCCC/C=C\C/C=C\C/C=C\CC. The number of unbranched alkanes of at least 4 members (excludes halogenated alkanes) is 26. The van der Waals surface area contributed by atoms with Crippen molar-refractivity contribution >= 4 is 17.9 Å². The van der Waals surface area contributed by atoms with Crippen molar-refractivity contribution in [3.63, 3.8) is 0 Å². The van der Waals surface area contributed by atoms with Crippen LogP contribution >= 0.6 is 0 Å². The molecule has 0 aromatic rings. The van der Waals surface area contributed by atoms with Crippen molar-refractivity contribution in [3.8, 4) is 0 Å². The summed E-state index contributed by atoms with van der Waals surface area (Å²) < 4.78 is 16.9. The molecule has 1 atom stereocenters. The quantitative estimate of drug-likeness (QED) is 0.0261. The van der Waals surface area contributed by atoms with Gasteiger partial charge in [0.15, 0.2) is 6.10 Å². The van der Waals surface area contributed by atoms with Crippen LogP contribution in [0.15, 0.2) is 146 Å². The highest BCUT2D eigenvalue weighted by Crippen LogP contribution is 2.16. The van der Waals surface area contributed by atoms with Gasteiger partial charge in [0.25, 0.3) is 0 Å². The minimum Gasteiger partial charge on any atom is -0.462 e. The normalized spacial score (nSPS) is 13.0. The maximum Gasteiger partial charge on any atom is 0.306 e. The topological polar surface area (TPSA) is 78.9 Å². The molecule has 0 heterocycles. The first-order valence-electron chi connectivity index (χ1n) is 34.3. The minimum atomic E-state index is -0.797. The molecule has 0 rings (SSSR count). The lowest BCUT2D eigenvalue weighted by molar-refractivity contribution is -0.167. The number of carbonyl (C=O) groups is 3. The number of ether oxygens (including phenoxy) is 3. The largest absolute Gasteiger partial charge is 0.462 e. The van der Waals surface area contributed by atoms with E-state index in [1.807, 2.05) is 0 Å². The summed E-state index contributed by atoms with van der Waals surface area (Å²) in [5.41, 5.74) is 0. The predicted octanol–water partition coefficient (Wildman–Crippen LogP) is 23.9. The van der Waals surface area contributed by atoms with Gasteiger partial charge in [0.2, 0.25) is 0 Å². The Labute approximate surface area is 512 Å². The first-order valence-corrected chi connectivity index (χ1v) is 34.3. The van der Waals surface area contributed by atoms with E-state index in [0.717, 1.165) is 161 Å². The average Bonchev–Trinajstić information content (AvgIpc) is 3.49. The lowest BCUT2D eigenvalue weighted by atomic mass is 10.0. The molecule has 0 aliphatic rings. The summed E-state index contributed by atoms with van der Waals surface area (Å²) in [6.45, 7) is 6.30. The van der Waals surface area contributed by atoms with Gasteiger partial charge in [-0.25, -0.2) is 0 Å². The van der Waals surface area contributed by atoms with Gasteiger partial charge in [-0.05, 0) is 135 Å². The third-order valence-corrected chi connectivity index (χ3v) is 14.3. The van der Waals surface area contributed by atoms with E-state index in [1.165, 1.54) is 103 Å². The molecule has 6 nitrogen and oxygen atoms in total. The molecule has 0 saturated heterocycles. The van der Waals surface area contributed by atoms with Crippen LogP contribution in [0.3, 0.4) is 0 Å². The highest BCUT2D eigenvalue weighted by Gasteiger charge is 2.19. The molecule has 0 fully saturated rings. The first-order chi connectivity index (χ1) is 41.0. The van der Waals surface area contributed by atoms with E-state index in [-0.39, 0.29) is 31.1 Å². The van der Waals surface area contributed by atoms with Crippen molar-refractivity contribution in [2.24, 2.45) is 0 Å². The summed E-state index contributed by atoms with van der Waals surface area (Å²) in [5, 5.41) is 0. The number of hydrogen-bond donors (Lipinski definition) is 0. The Bertz CT molecular complexity index is 1800. The van der Waals surface area contributed by atoms with Gasteiger partial charge in [-0.2, -0.15) is 0 Å². The van der Waals surface area contributed by atoms with E-state index in [0.29, 0.717) is 19.3 Å². The summed E-state index contributed by atoms with van der Waals surface area (Å²) >= 11 is 0. The van der Waals surface area contributed by atoms with Crippen molar-refractivity contribution in [3.05, 3.63) is 146 Å². The zero-order chi connectivity index (χ0) is 59.9. The fourth-order valence-corrected chi connectivity index (χ4v) is 9.30. The van der Waals surface area contributed by atoms with Gasteiger partial charge < -0.3 is 14.2 Å². The summed E-state index contributed by atoms with van der Waals surface area (Å²) in [5.74, 6) is -0.914. The lowest BCUT2D eigenvalue weighted by Gasteiger charge is -2.18. The second kappa shape index (κ2) is 69.8. The molecule has 0 bridgehead atoms. The Balaban J connectivity index is 4.26. The second-order valence-corrected chi connectivity index (χ2v) is 22.3. The van der Waals surface area contributed by atoms with Gasteiger partial charge in [-0.3, -0.25) is 14.4 Å². The Morgan fingerprint density at radius 2 is 0.434 bits per heavy atom. The van der Waals surface area contributed by atoms with Crippen LogP contribution in [0.1, 0.15) is 303 Å². The van der Waals surface area contributed by atoms with E-state index < -0.39 is 6.10 Å². The van der Waals surface area contributed by atoms with Gasteiger partial charge >= 0.3 is 17.9 Å². The van der Waals surface area contributed by atoms with Crippen molar-refractivity contribution in [1.82, 2.24) is 0 Å². The molecule has 0 aromatic heterocycles. The molecule has 0 spiro atoms. The molecular weight excluding hydrogens is 1020 g/mol. The van der Waals surface area contributed by atoms with Crippen LogP contribution in [0.5, 0.6) is 0 Å². The van der Waals surface area contributed by atoms with Crippen LogP contribution in [0.4, 0.5) is 0 Å². The Morgan fingerprint density at radius 3 is 0.675 bits per heavy atom. The zero-order valence-electron chi connectivity index (χ0n) is 53.9. The fourth-order valence-electron chi connectivity index (χ4n) is 9.30. The molecule has 0 aliphatic carbocycles. The summed E-state index contributed by atoms with van der Waals surface area (Å²) in [6, 6.07) is 0. The van der Waals surface area contributed by atoms with Crippen LogP contribution in [0, 0.1) is 0 Å². The molecule has 0 aliphatic heterocycles. The standard InChI is InChI=1S/C77H126O6/c1-4-7-10-13-16-19-22-25-28-30-31-32-33-34-35-36-37-38-39-40-41-42-43-44-45-47-49-52-55-58-61-64-67-70-76(79)82-73-74(72-81-75(78)69-66-63-60-57-54-51-48-27-24-21-18-15-12-9-6-3)83-77(80)71-68-65-62-59-56-53-50-46-29-26-23-20-17-14-11-8-5-2/h7-12,16-21,25-29,31-32,34-35,37-38,48,74H,4-6,13-15,22-24,30,33,36,39-47,49-73H2,1-3H3/b10-7-,11-8-,12-9-,19-16-,20-17-,21-18-,28-25-,29-26-,32-31-,35-34-,38-37-,48-27-. The number of hydrogen-bond acceptors (Lipinski definition) is 6. The fraction of sp³-hybridized carbons (Fsp3) is 0.649. The maximum atomic E-state index is 12.9. The highest BCUT2D eigenvalue weighted by molar-refractivity contribution is 5.71. The molecule has 6 heteroatoms. The number of carbonyl (C=O) groups excluding carboxylic acids is 3. The molecular formula is C77H126O6. The van der Waals surface area contributed by atoms with Gasteiger partial charge in [-0.15, -0.1) is 0 Å². The highest BCUT2D eigenvalue weighted by atomic mass is 16.6. The second-order valence-electron chi connectivity index (χ2n) is 22.3. The monoisotopic (exact) mass is 1150 g/mol. The van der Waals surface area contributed by atoms with Gasteiger partial charge in [0.05, 0.1) is 0 Å². The van der Waals surface area contributed by atoms with Gasteiger partial charge in [0.1, 0.15) is 13.2 Å². The maximum absolute atomic E-state index is 12.9. The third kappa shape index (κ3) is 68.0. The molecule has 470 valence electrons. The summed E-state index contributed by atoms with van der Waals surface area (Å²) in [7, 11) is 0. The number of allylic oxidation sites excluding steroid dienone is 24. The number of esters is 3. The van der Waals surface area contributed by atoms with E-state index in [9.17, 15) is 14.4 Å². The van der Waals surface area contributed by atoms with Crippen LogP contribution in [-0.2, 0) is 28.6 Å². The molecule has 0 amide bonds. The third-order valence-electron chi connectivity index (χ3n) is 14.3. The van der Waals surface area contributed by atoms with Crippen molar-refractivity contribution in [2.75, 3.05) is 13.2 Å². The Kier molecular flexibility index (Phi) is 65.8. The van der Waals surface area contributed by atoms with Crippen LogP contribution < -0.4 is 0 Å². The molecule has 83 heavy (non-hydrogen) atoms. The Hall–Kier alpha value is -4.71. The van der Waals surface area contributed by atoms with Crippen molar-refractivity contribution in [2.45, 2.75) is 309 Å². The van der Waals surface area contributed by atoms with E-state index in [2.05, 4.69) is 167 Å². The van der Waals surface area contributed by atoms with Gasteiger partial charge in [-0.1, -0.05) is 295 Å². The van der Waals surface area contributed by atoms with Gasteiger partial charge in [0, 0.05) is 19.3 Å². The first kappa shape index (κ1) is 78.3. The average molecular weight is 1150 g/mol. The Morgan fingerprint density at radius 1 is 0.241 bits per heavy atom.